The molecule has 82 valence electrons. The summed E-state index contributed by atoms with van der Waals surface area (Å²) in [4.78, 5) is 0. The first-order valence-electron chi connectivity index (χ1n) is 5.54. The van der Waals surface area contributed by atoms with Crippen molar-refractivity contribution < 1.29 is 4.39 Å². The van der Waals surface area contributed by atoms with E-state index in [0.29, 0.717) is 11.5 Å². The Bertz CT molecular complexity index is 369. The Kier molecular flexibility index (Phi) is 2.45. The molecule has 1 atom stereocenters. The lowest BCUT2D eigenvalue weighted by Crippen LogP contribution is -2.25. The van der Waals surface area contributed by atoms with Gasteiger partial charge in [0.15, 0.2) is 0 Å². The van der Waals surface area contributed by atoms with Crippen molar-refractivity contribution in [2.24, 2.45) is 5.41 Å². The van der Waals surface area contributed by atoms with Gasteiger partial charge < -0.3 is 5.32 Å². The van der Waals surface area contributed by atoms with E-state index in [1.54, 1.807) is 6.07 Å². The summed E-state index contributed by atoms with van der Waals surface area (Å²) >= 11 is 0. The maximum atomic E-state index is 12.9. The van der Waals surface area contributed by atoms with E-state index in [0.717, 1.165) is 11.3 Å². The van der Waals surface area contributed by atoms with Gasteiger partial charge in [0.25, 0.3) is 0 Å². The van der Waals surface area contributed by atoms with Gasteiger partial charge in [-0.05, 0) is 55.9 Å². The summed E-state index contributed by atoms with van der Waals surface area (Å²) in [6.45, 7) is 6.44. The third kappa shape index (κ3) is 2.14. The summed E-state index contributed by atoms with van der Waals surface area (Å²) < 4.78 is 12.9. The van der Waals surface area contributed by atoms with Gasteiger partial charge in [-0.25, -0.2) is 4.39 Å². The number of hydrogen-bond donors (Lipinski definition) is 1. The lowest BCUT2D eigenvalue weighted by molar-refractivity contribution is 0.493. The first-order chi connectivity index (χ1) is 7.01. The van der Waals surface area contributed by atoms with Crippen molar-refractivity contribution in [3.63, 3.8) is 0 Å². The van der Waals surface area contributed by atoms with E-state index >= 15 is 0 Å². The van der Waals surface area contributed by atoms with Crippen molar-refractivity contribution in [3.05, 3.63) is 29.6 Å². The molecule has 2 rings (SSSR count). The zero-order valence-corrected chi connectivity index (χ0v) is 9.60. The van der Waals surface area contributed by atoms with Gasteiger partial charge in [-0.3, -0.25) is 0 Å². The van der Waals surface area contributed by atoms with E-state index < -0.39 is 0 Å². The third-order valence-electron chi connectivity index (χ3n) is 3.64. The Balaban J connectivity index is 2.10. The molecule has 1 nitrogen and oxygen atoms in total. The van der Waals surface area contributed by atoms with Crippen molar-refractivity contribution in [1.29, 1.82) is 0 Å². The van der Waals surface area contributed by atoms with Crippen molar-refractivity contribution in [2.45, 2.75) is 39.7 Å². The minimum atomic E-state index is -0.164. The molecule has 1 aliphatic rings. The van der Waals surface area contributed by atoms with Crippen molar-refractivity contribution in [2.75, 3.05) is 5.32 Å². The van der Waals surface area contributed by atoms with Gasteiger partial charge >= 0.3 is 0 Å². The summed E-state index contributed by atoms with van der Waals surface area (Å²) in [5.41, 5.74) is 2.48. The quantitative estimate of drug-likeness (QED) is 0.796. The Hall–Kier alpha value is -1.05. The predicted molar refractivity (Wildman–Crippen MR) is 61.6 cm³/mol. The molecule has 0 aliphatic heterocycles. The van der Waals surface area contributed by atoms with E-state index in [4.69, 9.17) is 0 Å². The van der Waals surface area contributed by atoms with Gasteiger partial charge in [-0.1, -0.05) is 6.92 Å². The average molecular weight is 207 g/mol. The van der Waals surface area contributed by atoms with Gasteiger partial charge in [0.05, 0.1) is 0 Å². The summed E-state index contributed by atoms with van der Waals surface area (Å²) in [7, 11) is 0. The van der Waals surface area contributed by atoms with Gasteiger partial charge in [0.1, 0.15) is 5.82 Å². The van der Waals surface area contributed by atoms with Crippen LogP contribution in [0.1, 0.15) is 32.3 Å². The van der Waals surface area contributed by atoms with Crippen LogP contribution in [-0.2, 0) is 0 Å². The number of rotatable bonds is 3. The topological polar surface area (TPSA) is 12.0 Å². The van der Waals surface area contributed by atoms with Crippen molar-refractivity contribution in [1.82, 2.24) is 0 Å². The predicted octanol–water partition coefficient (Wildman–Crippen LogP) is 3.73. The van der Waals surface area contributed by atoms with Crippen LogP contribution in [0, 0.1) is 18.2 Å². The summed E-state index contributed by atoms with van der Waals surface area (Å²) in [6.07, 6.45) is 2.59. The second kappa shape index (κ2) is 3.51. The minimum Gasteiger partial charge on any atom is -0.382 e. The van der Waals surface area contributed by atoms with Crippen LogP contribution in [0.15, 0.2) is 18.2 Å². The highest BCUT2D eigenvalue weighted by atomic mass is 19.1. The van der Waals surface area contributed by atoms with Crippen LogP contribution in [0.3, 0.4) is 0 Å². The smallest absolute Gasteiger partial charge is 0.123 e. The SMILES string of the molecule is Cc1cc(F)ccc1NC(C)C1(C)CC1. The fourth-order valence-corrected chi connectivity index (χ4v) is 1.83. The molecule has 15 heavy (non-hydrogen) atoms. The molecule has 1 fully saturated rings. The Morgan fingerprint density at radius 1 is 1.40 bits per heavy atom. The molecular weight excluding hydrogens is 189 g/mol. The van der Waals surface area contributed by atoms with Gasteiger partial charge in [0, 0.05) is 11.7 Å². The number of benzene rings is 1. The van der Waals surface area contributed by atoms with Crippen LogP contribution in [0.25, 0.3) is 0 Å². The van der Waals surface area contributed by atoms with Crippen LogP contribution < -0.4 is 5.32 Å². The molecule has 1 aromatic rings. The van der Waals surface area contributed by atoms with E-state index in [1.165, 1.54) is 18.9 Å². The molecule has 0 spiro atoms. The van der Waals surface area contributed by atoms with E-state index in [-0.39, 0.29) is 5.82 Å². The molecule has 1 N–H and O–H groups in total. The first-order valence-corrected chi connectivity index (χ1v) is 5.54. The van der Waals surface area contributed by atoms with Crippen molar-refractivity contribution in [3.8, 4) is 0 Å². The van der Waals surface area contributed by atoms with Crippen LogP contribution in [-0.4, -0.2) is 6.04 Å². The highest BCUT2D eigenvalue weighted by Gasteiger charge is 2.42. The van der Waals surface area contributed by atoms with E-state index in [9.17, 15) is 4.39 Å². The monoisotopic (exact) mass is 207 g/mol. The highest BCUT2D eigenvalue weighted by molar-refractivity contribution is 5.51. The molecule has 0 amide bonds. The molecule has 1 saturated carbocycles. The maximum absolute atomic E-state index is 12.9. The summed E-state index contributed by atoms with van der Waals surface area (Å²) in [5, 5.41) is 3.47. The molecule has 0 radical (unpaired) electrons. The number of aryl methyl sites for hydroxylation is 1. The zero-order valence-electron chi connectivity index (χ0n) is 9.60. The number of anilines is 1. The second-order valence-electron chi connectivity index (χ2n) is 4.98. The Morgan fingerprint density at radius 3 is 2.60 bits per heavy atom. The average Bonchev–Trinajstić information content (AvgIpc) is 2.90. The fourth-order valence-electron chi connectivity index (χ4n) is 1.83. The largest absolute Gasteiger partial charge is 0.382 e. The normalized spacial score (nSPS) is 19.7. The highest BCUT2D eigenvalue weighted by Crippen LogP contribution is 2.48. The molecular formula is C13H18FN. The fraction of sp³-hybridized carbons (Fsp3) is 0.538. The molecule has 2 heteroatoms. The molecule has 1 unspecified atom stereocenters. The molecule has 0 heterocycles. The molecule has 1 aromatic carbocycles. The van der Waals surface area contributed by atoms with Crippen LogP contribution >= 0.6 is 0 Å². The Morgan fingerprint density at radius 2 is 2.07 bits per heavy atom. The molecule has 0 saturated heterocycles. The van der Waals surface area contributed by atoms with E-state index in [2.05, 4.69) is 19.2 Å². The first kappa shape index (κ1) is 10.5. The lowest BCUT2D eigenvalue weighted by Gasteiger charge is -2.22. The van der Waals surface area contributed by atoms with Gasteiger partial charge in [0.2, 0.25) is 0 Å². The maximum Gasteiger partial charge on any atom is 0.123 e. The van der Waals surface area contributed by atoms with Gasteiger partial charge in [-0.15, -0.1) is 0 Å². The summed E-state index contributed by atoms with van der Waals surface area (Å²) in [5.74, 6) is -0.164. The standard InChI is InChI=1S/C13H18FN/c1-9-8-11(14)4-5-12(9)15-10(2)13(3)6-7-13/h4-5,8,10,15H,6-7H2,1-3H3. The number of hydrogen-bond acceptors (Lipinski definition) is 1. The molecule has 0 aromatic heterocycles. The summed E-state index contributed by atoms with van der Waals surface area (Å²) in [6, 6.07) is 5.37. The number of halogens is 1. The van der Waals surface area contributed by atoms with Crippen LogP contribution in [0.5, 0.6) is 0 Å². The van der Waals surface area contributed by atoms with Gasteiger partial charge in [-0.2, -0.15) is 0 Å². The lowest BCUT2D eigenvalue weighted by atomic mass is 10.00. The van der Waals surface area contributed by atoms with E-state index in [1.807, 2.05) is 13.0 Å². The zero-order chi connectivity index (χ0) is 11.1. The molecule has 1 aliphatic carbocycles. The minimum absolute atomic E-state index is 0.164. The number of nitrogens with one attached hydrogen (secondary N) is 1. The third-order valence-corrected chi connectivity index (χ3v) is 3.64. The van der Waals surface area contributed by atoms with Crippen LogP contribution in [0.2, 0.25) is 0 Å². The van der Waals surface area contributed by atoms with Crippen LogP contribution in [0.4, 0.5) is 10.1 Å². The second-order valence-corrected chi connectivity index (χ2v) is 4.98. The molecule has 0 bridgehead atoms. The Labute approximate surface area is 90.7 Å². The van der Waals surface area contributed by atoms with Crippen molar-refractivity contribution >= 4 is 5.69 Å².